The number of hydrogen-bond donors (Lipinski definition) is 2. The second-order valence-corrected chi connectivity index (χ2v) is 7.74. The van der Waals surface area contributed by atoms with Gasteiger partial charge in [0.1, 0.15) is 5.82 Å². The second-order valence-electron chi connectivity index (χ2n) is 7.74. The van der Waals surface area contributed by atoms with Crippen molar-refractivity contribution < 1.29 is 32.5 Å². The molecule has 0 bridgehead atoms. The van der Waals surface area contributed by atoms with Crippen molar-refractivity contribution in [3.05, 3.63) is 52.8 Å². The number of methoxy groups -OCH3 is 2. The molecule has 8 heteroatoms. The number of amides is 1. The summed E-state index contributed by atoms with van der Waals surface area (Å²) in [6.45, 7) is 2.53. The van der Waals surface area contributed by atoms with Crippen molar-refractivity contribution in [3.63, 3.8) is 0 Å². The van der Waals surface area contributed by atoms with E-state index in [1.165, 1.54) is 39.3 Å². The van der Waals surface area contributed by atoms with Crippen LogP contribution in [-0.2, 0) is 10.5 Å². The Bertz CT molecular complexity index is 969. The maximum atomic E-state index is 16.8. The van der Waals surface area contributed by atoms with Crippen LogP contribution in [0.25, 0.3) is 0 Å². The van der Waals surface area contributed by atoms with Crippen LogP contribution >= 0.6 is 0 Å². The van der Waals surface area contributed by atoms with Crippen molar-refractivity contribution in [1.29, 1.82) is 0 Å². The van der Waals surface area contributed by atoms with Crippen LogP contribution in [-0.4, -0.2) is 30.9 Å². The van der Waals surface area contributed by atoms with Gasteiger partial charge in [-0.25, -0.2) is 13.2 Å². The fourth-order valence-electron chi connectivity index (χ4n) is 4.51. The van der Waals surface area contributed by atoms with E-state index in [0.717, 1.165) is 19.1 Å². The van der Waals surface area contributed by atoms with Crippen LogP contribution in [0.5, 0.6) is 17.2 Å². The number of carbonyl (C=O) groups is 1. The van der Waals surface area contributed by atoms with Crippen LogP contribution in [0, 0.1) is 5.82 Å². The van der Waals surface area contributed by atoms with Crippen molar-refractivity contribution in [2.24, 2.45) is 5.73 Å². The van der Waals surface area contributed by atoms with E-state index in [1.54, 1.807) is 0 Å². The van der Waals surface area contributed by atoms with Crippen molar-refractivity contribution >= 4 is 5.91 Å². The highest BCUT2D eigenvalue weighted by Crippen LogP contribution is 2.63. The molecule has 3 rings (SSSR count). The number of ether oxygens (including phenoxy) is 2. The number of nitrogens with two attached hydrogens (primary N) is 1. The molecule has 2 aromatic rings. The van der Waals surface area contributed by atoms with Gasteiger partial charge in [-0.1, -0.05) is 13.0 Å². The molecule has 0 saturated carbocycles. The van der Waals surface area contributed by atoms with Crippen LogP contribution in [0.1, 0.15) is 48.8 Å². The van der Waals surface area contributed by atoms with Gasteiger partial charge in [-0.3, -0.25) is 4.79 Å². The molecule has 4 unspecified atom stereocenters. The average Bonchev–Trinajstić information content (AvgIpc) is 2.85. The topological polar surface area (TPSA) is 81.8 Å². The predicted octanol–water partition coefficient (Wildman–Crippen LogP) is 4.22. The molecular formula is C22H24F3NO4. The first-order valence-corrected chi connectivity index (χ1v) is 9.39. The van der Waals surface area contributed by atoms with Gasteiger partial charge in [0.15, 0.2) is 22.8 Å². The maximum absolute atomic E-state index is 16.8. The number of phenols is 1. The van der Waals surface area contributed by atoms with E-state index in [-0.39, 0.29) is 28.4 Å². The minimum absolute atomic E-state index is 0.0337. The number of rotatable bonds is 6. The standard InChI is InChI=1S/C22H24F3NO4/c1-11(12-7-17(29-3)20(28)18(8-12)30-4)22(25)15-6-5-13(23)9-14(15)16(10-19(26)27)21(22,2)24/h5-9,11,16,28H,10H2,1-4H3,(H2,26,27). The summed E-state index contributed by atoms with van der Waals surface area (Å²) in [5.74, 6) is -4.05. The van der Waals surface area contributed by atoms with Crippen molar-refractivity contribution in [3.8, 4) is 17.2 Å². The Morgan fingerprint density at radius 2 is 1.77 bits per heavy atom. The van der Waals surface area contributed by atoms with E-state index in [0.29, 0.717) is 5.56 Å². The Morgan fingerprint density at radius 1 is 1.20 bits per heavy atom. The maximum Gasteiger partial charge on any atom is 0.218 e. The Balaban J connectivity index is 2.22. The van der Waals surface area contributed by atoms with E-state index in [2.05, 4.69) is 0 Å². The summed E-state index contributed by atoms with van der Waals surface area (Å²) in [5.41, 5.74) is 0.405. The highest BCUT2D eigenvalue weighted by atomic mass is 19.2. The van der Waals surface area contributed by atoms with Crippen molar-refractivity contribution in [2.75, 3.05) is 14.2 Å². The summed E-state index contributed by atoms with van der Waals surface area (Å²) in [6.07, 6.45) is -0.468. The molecule has 3 N–H and O–H groups in total. The Morgan fingerprint density at radius 3 is 2.27 bits per heavy atom. The summed E-state index contributed by atoms with van der Waals surface area (Å²) in [5, 5.41) is 10.1. The highest BCUT2D eigenvalue weighted by Gasteiger charge is 2.65. The summed E-state index contributed by atoms with van der Waals surface area (Å²) in [4.78, 5) is 11.6. The predicted molar refractivity (Wildman–Crippen MR) is 105 cm³/mol. The Labute approximate surface area is 172 Å². The fraction of sp³-hybridized carbons (Fsp3) is 0.409. The number of hydrogen-bond acceptors (Lipinski definition) is 4. The molecule has 0 aliphatic heterocycles. The number of primary amides is 1. The first-order valence-electron chi connectivity index (χ1n) is 9.39. The van der Waals surface area contributed by atoms with Gasteiger partial charge in [-0.05, 0) is 47.9 Å². The molecule has 0 aromatic heterocycles. The largest absolute Gasteiger partial charge is 0.502 e. The minimum atomic E-state index is -2.62. The van der Waals surface area contributed by atoms with Gasteiger partial charge < -0.3 is 20.3 Å². The van der Waals surface area contributed by atoms with Gasteiger partial charge in [0.05, 0.1) is 14.2 Å². The molecule has 1 amide bonds. The third kappa shape index (κ3) is 3.05. The third-order valence-corrected chi connectivity index (χ3v) is 6.15. The zero-order chi connectivity index (χ0) is 22.4. The van der Waals surface area contributed by atoms with Crippen LogP contribution in [0.15, 0.2) is 30.3 Å². The van der Waals surface area contributed by atoms with Crippen LogP contribution in [0.3, 0.4) is 0 Å². The molecule has 5 nitrogen and oxygen atoms in total. The number of alkyl halides is 2. The van der Waals surface area contributed by atoms with Crippen LogP contribution in [0.4, 0.5) is 13.2 Å². The van der Waals surface area contributed by atoms with E-state index < -0.39 is 41.3 Å². The number of fused-ring (bicyclic) bond motifs is 1. The lowest BCUT2D eigenvalue weighted by molar-refractivity contribution is -0.120. The van der Waals surface area contributed by atoms with Gasteiger partial charge in [-0.15, -0.1) is 0 Å². The normalized spacial score (nSPS) is 26.2. The molecule has 1 aliphatic rings. The monoisotopic (exact) mass is 423 g/mol. The van der Waals surface area contributed by atoms with Gasteiger partial charge in [0, 0.05) is 18.3 Å². The summed E-state index contributed by atoms with van der Waals surface area (Å²) in [6, 6.07) is 6.09. The SMILES string of the molecule is COc1cc(C(C)C2(F)c3ccc(F)cc3C(CC(N)=O)C2(C)F)cc(OC)c1O. The Kier molecular flexibility index (Phi) is 5.39. The second kappa shape index (κ2) is 7.41. The highest BCUT2D eigenvalue weighted by molar-refractivity contribution is 5.76. The van der Waals surface area contributed by atoms with E-state index >= 15 is 8.78 Å². The van der Waals surface area contributed by atoms with E-state index in [1.807, 2.05) is 0 Å². The lowest BCUT2D eigenvalue weighted by atomic mass is 9.72. The Hall–Kier alpha value is -2.90. The molecule has 0 heterocycles. The first kappa shape index (κ1) is 21.8. The van der Waals surface area contributed by atoms with Gasteiger partial charge in [-0.2, -0.15) is 0 Å². The molecule has 162 valence electrons. The molecule has 2 aromatic carbocycles. The van der Waals surface area contributed by atoms with Gasteiger partial charge in [0.2, 0.25) is 11.7 Å². The minimum Gasteiger partial charge on any atom is -0.502 e. The lowest BCUT2D eigenvalue weighted by Crippen LogP contribution is -2.46. The smallest absolute Gasteiger partial charge is 0.218 e. The number of benzene rings is 2. The molecule has 4 atom stereocenters. The molecule has 0 fully saturated rings. The third-order valence-electron chi connectivity index (χ3n) is 6.15. The van der Waals surface area contributed by atoms with Crippen molar-refractivity contribution in [1.82, 2.24) is 0 Å². The quantitative estimate of drug-likeness (QED) is 0.729. The van der Waals surface area contributed by atoms with Crippen LogP contribution in [0.2, 0.25) is 0 Å². The summed E-state index contributed by atoms with van der Waals surface area (Å²) in [7, 11) is 2.65. The zero-order valence-electron chi connectivity index (χ0n) is 17.1. The molecule has 30 heavy (non-hydrogen) atoms. The molecule has 1 aliphatic carbocycles. The van der Waals surface area contributed by atoms with Crippen molar-refractivity contribution in [2.45, 2.75) is 43.4 Å². The first-order chi connectivity index (χ1) is 14.0. The van der Waals surface area contributed by atoms with E-state index in [4.69, 9.17) is 15.2 Å². The van der Waals surface area contributed by atoms with Gasteiger partial charge in [0.25, 0.3) is 0 Å². The van der Waals surface area contributed by atoms with Crippen LogP contribution < -0.4 is 15.2 Å². The number of phenolic OH excluding ortho intramolecular Hbond substituents is 1. The average molecular weight is 423 g/mol. The molecule has 0 radical (unpaired) electrons. The fourth-order valence-corrected chi connectivity index (χ4v) is 4.51. The lowest BCUT2D eigenvalue weighted by Gasteiger charge is -2.39. The zero-order valence-corrected chi connectivity index (χ0v) is 17.1. The van der Waals surface area contributed by atoms with Gasteiger partial charge >= 0.3 is 0 Å². The number of carbonyl (C=O) groups excluding carboxylic acids is 1. The summed E-state index contributed by atoms with van der Waals surface area (Å²) < 4.78 is 57.1. The summed E-state index contributed by atoms with van der Waals surface area (Å²) >= 11 is 0. The molecular weight excluding hydrogens is 399 g/mol. The molecule has 0 saturated heterocycles. The number of aromatic hydroxyl groups is 1. The molecule has 0 spiro atoms. The number of halogens is 3. The van der Waals surface area contributed by atoms with E-state index in [9.17, 15) is 14.3 Å².